The van der Waals surface area contributed by atoms with Crippen molar-refractivity contribution in [2.24, 2.45) is 0 Å². The molecule has 6 nitrogen and oxygen atoms in total. The Morgan fingerprint density at radius 3 is 2.55 bits per heavy atom. The molecule has 1 N–H and O–H groups in total. The molecule has 0 radical (unpaired) electrons. The predicted molar refractivity (Wildman–Crippen MR) is 113 cm³/mol. The van der Waals surface area contributed by atoms with Crippen LogP contribution in [0.4, 0.5) is 10.5 Å². The zero-order chi connectivity index (χ0) is 20.7. The first-order valence-electron chi connectivity index (χ1n) is 8.85. The van der Waals surface area contributed by atoms with Crippen LogP contribution >= 0.6 is 23.2 Å². The zero-order valence-electron chi connectivity index (χ0n) is 15.3. The molecule has 1 saturated heterocycles. The van der Waals surface area contributed by atoms with Gasteiger partial charge in [0, 0.05) is 29.2 Å². The SMILES string of the molecule is CCn1cc(/C=C2\C(=O)NC(=O)N(c3cccc(Cl)c3Cl)C2=O)c2ccccc21. The summed E-state index contributed by atoms with van der Waals surface area (Å²) in [5.41, 5.74) is 1.62. The minimum Gasteiger partial charge on any atom is -0.347 e. The second kappa shape index (κ2) is 7.39. The third kappa shape index (κ3) is 3.20. The Morgan fingerprint density at radius 1 is 1.03 bits per heavy atom. The second-order valence-electron chi connectivity index (χ2n) is 6.42. The minimum absolute atomic E-state index is 0.0500. The average molecular weight is 428 g/mol. The van der Waals surface area contributed by atoms with Gasteiger partial charge in [0.05, 0.1) is 15.7 Å². The van der Waals surface area contributed by atoms with Crippen LogP contribution in [0.5, 0.6) is 0 Å². The lowest BCUT2D eigenvalue weighted by Crippen LogP contribution is -2.54. The van der Waals surface area contributed by atoms with Crippen molar-refractivity contribution in [3.8, 4) is 0 Å². The molecule has 8 heteroatoms. The van der Waals surface area contributed by atoms with E-state index in [1.165, 1.54) is 12.1 Å². The van der Waals surface area contributed by atoms with Gasteiger partial charge in [-0.1, -0.05) is 47.5 Å². The number of benzene rings is 2. The monoisotopic (exact) mass is 427 g/mol. The molecule has 3 aromatic rings. The molecule has 0 spiro atoms. The van der Waals surface area contributed by atoms with Crippen LogP contribution in [0.1, 0.15) is 12.5 Å². The van der Waals surface area contributed by atoms with Gasteiger partial charge in [0.25, 0.3) is 11.8 Å². The van der Waals surface area contributed by atoms with Gasteiger partial charge in [-0.05, 0) is 31.2 Å². The number of carbonyl (C=O) groups excluding carboxylic acids is 3. The van der Waals surface area contributed by atoms with E-state index in [0.29, 0.717) is 5.56 Å². The Bertz CT molecular complexity index is 1210. The first-order valence-corrected chi connectivity index (χ1v) is 9.61. The van der Waals surface area contributed by atoms with Crippen LogP contribution in [0.2, 0.25) is 10.0 Å². The highest BCUT2D eigenvalue weighted by molar-refractivity contribution is 6.46. The molecule has 146 valence electrons. The first kappa shape index (κ1) is 19.2. The second-order valence-corrected chi connectivity index (χ2v) is 7.20. The molecule has 1 fully saturated rings. The number of urea groups is 1. The summed E-state index contributed by atoms with van der Waals surface area (Å²) < 4.78 is 2.02. The maximum Gasteiger partial charge on any atom is 0.336 e. The first-order chi connectivity index (χ1) is 13.9. The van der Waals surface area contributed by atoms with E-state index in [4.69, 9.17) is 23.2 Å². The van der Waals surface area contributed by atoms with E-state index >= 15 is 0 Å². The Labute approximate surface area is 176 Å². The standard InChI is InChI=1S/C21H15Cl2N3O3/c1-2-25-11-12(13-6-3-4-8-16(13)25)10-14-19(27)24-21(29)26(20(14)28)17-9-5-7-15(22)18(17)23/h3-11H,2H2,1H3,(H,24,27,29)/b14-10+. The van der Waals surface area contributed by atoms with E-state index in [2.05, 4.69) is 5.32 Å². The third-order valence-electron chi connectivity index (χ3n) is 4.73. The largest absolute Gasteiger partial charge is 0.347 e. The summed E-state index contributed by atoms with van der Waals surface area (Å²) in [6.07, 6.45) is 3.36. The fourth-order valence-electron chi connectivity index (χ4n) is 3.35. The summed E-state index contributed by atoms with van der Waals surface area (Å²) in [5, 5.41) is 3.33. The molecule has 1 aliphatic rings. The summed E-state index contributed by atoms with van der Waals surface area (Å²) >= 11 is 12.2. The number of anilines is 1. The molecular weight excluding hydrogens is 413 g/mol. The average Bonchev–Trinajstić information content (AvgIpc) is 3.06. The molecule has 0 bridgehead atoms. The summed E-state index contributed by atoms with van der Waals surface area (Å²) in [5.74, 6) is -1.53. The van der Waals surface area contributed by atoms with Crippen molar-refractivity contribution in [3.05, 3.63) is 69.8 Å². The van der Waals surface area contributed by atoms with Crippen molar-refractivity contribution >= 4 is 63.7 Å². The molecule has 0 unspecified atom stereocenters. The number of para-hydroxylation sites is 1. The summed E-state index contributed by atoms with van der Waals surface area (Å²) in [4.78, 5) is 38.7. The molecule has 1 aromatic heterocycles. The smallest absolute Gasteiger partial charge is 0.336 e. The highest BCUT2D eigenvalue weighted by Crippen LogP contribution is 2.34. The Morgan fingerprint density at radius 2 is 1.79 bits per heavy atom. The molecule has 1 aliphatic heterocycles. The van der Waals surface area contributed by atoms with E-state index in [0.717, 1.165) is 22.3 Å². The van der Waals surface area contributed by atoms with Crippen molar-refractivity contribution in [2.75, 3.05) is 4.90 Å². The van der Waals surface area contributed by atoms with Crippen molar-refractivity contribution in [1.82, 2.24) is 9.88 Å². The van der Waals surface area contributed by atoms with E-state index in [-0.39, 0.29) is 21.3 Å². The van der Waals surface area contributed by atoms with Gasteiger partial charge in [-0.3, -0.25) is 14.9 Å². The Balaban J connectivity index is 1.84. The minimum atomic E-state index is -0.877. The van der Waals surface area contributed by atoms with Gasteiger partial charge in [0.2, 0.25) is 0 Å². The number of barbiturate groups is 1. The highest BCUT2D eigenvalue weighted by atomic mass is 35.5. The van der Waals surface area contributed by atoms with Crippen LogP contribution in [0.25, 0.3) is 17.0 Å². The van der Waals surface area contributed by atoms with Crippen LogP contribution in [-0.2, 0) is 16.1 Å². The summed E-state index contributed by atoms with van der Waals surface area (Å²) in [6.45, 7) is 2.73. The fourth-order valence-corrected chi connectivity index (χ4v) is 3.73. The molecule has 4 rings (SSSR count). The fraction of sp³-hybridized carbons (Fsp3) is 0.0952. The number of carbonyl (C=O) groups is 3. The lowest BCUT2D eigenvalue weighted by molar-refractivity contribution is -0.122. The number of fused-ring (bicyclic) bond motifs is 1. The van der Waals surface area contributed by atoms with Crippen LogP contribution in [0.15, 0.2) is 54.2 Å². The van der Waals surface area contributed by atoms with Gasteiger partial charge in [0.1, 0.15) is 5.57 Å². The maximum absolute atomic E-state index is 13.1. The summed E-state index contributed by atoms with van der Waals surface area (Å²) in [6, 6.07) is 11.4. The number of aromatic nitrogens is 1. The predicted octanol–water partition coefficient (Wildman–Crippen LogP) is 4.63. The number of halogens is 2. The van der Waals surface area contributed by atoms with Crippen molar-refractivity contribution in [3.63, 3.8) is 0 Å². The molecule has 0 aliphatic carbocycles. The molecule has 2 heterocycles. The molecule has 2 aromatic carbocycles. The topological polar surface area (TPSA) is 71.4 Å². The number of rotatable bonds is 3. The number of amides is 4. The normalized spacial score (nSPS) is 16.0. The number of hydrogen-bond acceptors (Lipinski definition) is 3. The van der Waals surface area contributed by atoms with Gasteiger partial charge < -0.3 is 4.57 Å². The van der Waals surface area contributed by atoms with Gasteiger partial charge in [-0.2, -0.15) is 0 Å². The Hall–Kier alpha value is -3.09. The van der Waals surface area contributed by atoms with Crippen LogP contribution < -0.4 is 10.2 Å². The van der Waals surface area contributed by atoms with E-state index in [1.807, 2.05) is 42.0 Å². The van der Waals surface area contributed by atoms with E-state index < -0.39 is 17.8 Å². The van der Waals surface area contributed by atoms with Crippen LogP contribution in [0, 0.1) is 0 Å². The maximum atomic E-state index is 13.1. The summed E-state index contributed by atoms with van der Waals surface area (Å²) in [7, 11) is 0. The molecule has 0 atom stereocenters. The van der Waals surface area contributed by atoms with Crippen LogP contribution in [-0.4, -0.2) is 22.4 Å². The van der Waals surface area contributed by atoms with Gasteiger partial charge in [0.15, 0.2) is 0 Å². The number of nitrogens with one attached hydrogen (secondary N) is 1. The molecule has 29 heavy (non-hydrogen) atoms. The number of nitrogens with zero attached hydrogens (tertiary/aromatic N) is 2. The van der Waals surface area contributed by atoms with E-state index in [1.54, 1.807) is 12.1 Å². The lowest BCUT2D eigenvalue weighted by Gasteiger charge is -2.27. The zero-order valence-corrected chi connectivity index (χ0v) is 16.8. The quantitative estimate of drug-likeness (QED) is 0.488. The molecule has 4 amide bonds. The lowest BCUT2D eigenvalue weighted by atomic mass is 10.1. The number of aryl methyl sites for hydroxylation is 1. The van der Waals surface area contributed by atoms with Gasteiger partial charge >= 0.3 is 6.03 Å². The number of hydrogen-bond donors (Lipinski definition) is 1. The van der Waals surface area contributed by atoms with E-state index in [9.17, 15) is 14.4 Å². The van der Waals surface area contributed by atoms with Gasteiger partial charge in [-0.25, -0.2) is 9.69 Å². The van der Waals surface area contributed by atoms with Crippen LogP contribution in [0.3, 0.4) is 0 Å². The number of imide groups is 2. The molecular formula is C21H15Cl2N3O3. The van der Waals surface area contributed by atoms with Gasteiger partial charge in [-0.15, -0.1) is 0 Å². The third-order valence-corrected chi connectivity index (χ3v) is 5.54. The van der Waals surface area contributed by atoms with Crippen molar-refractivity contribution < 1.29 is 14.4 Å². The highest BCUT2D eigenvalue weighted by Gasteiger charge is 2.38. The Kier molecular flexibility index (Phi) is 4.90. The van der Waals surface area contributed by atoms with Crippen molar-refractivity contribution in [2.45, 2.75) is 13.5 Å². The molecule has 0 saturated carbocycles. The van der Waals surface area contributed by atoms with Crippen molar-refractivity contribution in [1.29, 1.82) is 0 Å².